The van der Waals surface area contributed by atoms with Crippen molar-refractivity contribution >= 4 is 17.5 Å². The molecule has 2 N–H and O–H groups in total. The molecule has 114 valence electrons. The van der Waals surface area contributed by atoms with Crippen LogP contribution >= 0.6 is 0 Å². The fourth-order valence-electron chi connectivity index (χ4n) is 2.49. The predicted molar refractivity (Wildman–Crippen MR) is 83.5 cm³/mol. The Morgan fingerprint density at radius 2 is 1.62 bits per heavy atom. The van der Waals surface area contributed by atoms with Gasteiger partial charge in [0, 0.05) is 44.4 Å². The number of carbonyl (C=O) groups excluding carboxylic acids is 2. The molecule has 2 rings (SSSR count). The maximum absolute atomic E-state index is 11.9. The van der Waals surface area contributed by atoms with Crippen molar-refractivity contribution in [3.63, 3.8) is 0 Å². The van der Waals surface area contributed by atoms with Crippen molar-refractivity contribution in [3.05, 3.63) is 29.8 Å². The Morgan fingerprint density at radius 3 is 2.24 bits per heavy atom. The summed E-state index contributed by atoms with van der Waals surface area (Å²) in [7, 11) is 0. The van der Waals surface area contributed by atoms with Crippen molar-refractivity contribution < 1.29 is 9.59 Å². The van der Waals surface area contributed by atoms with Gasteiger partial charge in [0.25, 0.3) is 5.91 Å². The van der Waals surface area contributed by atoms with Gasteiger partial charge in [-0.05, 0) is 43.5 Å². The topological polar surface area (TPSA) is 61.4 Å². The molecule has 1 aliphatic rings. The minimum Gasteiger partial charge on any atom is -0.372 e. The molecule has 0 aliphatic carbocycles. The highest BCUT2D eigenvalue weighted by atomic mass is 16.2. The summed E-state index contributed by atoms with van der Waals surface area (Å²) in [5.74, 6) is -0.194. The van der Waals surface area contributed by atoms with Crippen LogP contribution in [0.2, 0.25) is 0 Å². The SMILES string of the molecule is CC(=O)NCCNC(=O)c1ccc(N2CCCCC2)cc1. The molecule has 1 aliphatic heterocycles. The Hall–Kier alpha value is -2.04. The Labute approximate surface area is 125 Å². The largest absolute Gasteiger partial charge is 0.372 e. The molecule has 5 heteroatoms. The molecule has 0 atom stereocenters. The zero-order valence-electron chi connectivity index (χ0n) is 12.5. The fraction of sp³-hybridized carbons (Fsp3) is 0.500. The highest BCUT2D eigenvalue weighted by Gasteiger charge is 2.11. The smallest absolute Gasteiger partial charge is 0.251 e. The normalized spacial score (nSPS) is 14.6. The summed E-state index contributed by atoms with van der Waals surface area (Å²) in [6, 6.07) is 7.73. The van der Waals surface area contributed by atoms with Crippen molar-refractivity contribution in [2.45, 2.75) is 26.2 Å². The van der Waals surface area contributed by atoms with E-state index in [2.05, 4.69) is 15.5 Å². The van der Waals surface area contributed by atoms with Gasteiger partial charge in [-0.1, -0.05) is 0 Å². The molecule has 0 bridgehead atoms. The monoisotopic (exact) mass is 289 g/mol. The van der Waals surface area contributed by atoms with Crippen LogP contribution in [-0.2, 0) is 4.79 Å². The lowest BCUT2D eigenvalue weighted by Gasteiger charge is -2.28. The molecule has 1 aromatic rings. The average Bonchev–Trinajstić information content (AvgIpc) is 2.52. The molecule has 5 nitrogen and oxygen atoms in total. The Bertz CT molecular complexity index is 479. The van der Waals surface area contributed by atoms with Gasteiger partial charge in [0.2, 0.25) is 5.91 Å². The molecular weight excluding hydrogens is 266 g/mol. The molecule has 1 fully saturated rings. The van der Waals surface area contributed by atoms with E-state index in [1.54, 1.807) is 0 Å². The number of benzene rings is 1. The van der Waals surface area contributed by atoms with Gasteiger partial charge >= 0.3 is 0 Å². The summed E-state index contributed by atoms with van der Waals surface area (Å²) in [4.78, 5) is 25.0. The van der Waals surface area contributed by atoms with Crippen LogP contribution in [0.5, 0.6) is 0 Å². The third-order valence-corrected chi connectivity index (χ3v) is 3.64. The lowest BCUT2D eigenvalue weighted by molar-refractivity contribution is -0.118. The number of amides is 2. The summed E-state index contributed by atoms with van der Waals surface area (Å²) in [6.07, 6.45) is 3.79. The summed E-state index contributed by atoms with van der Waals surface area (Å²) in [5.41, 5.74) is 1.84. The molecule has 0 saturated carbocycles. The lowest BCUT2D eigenvalue weighted by atomic mass is 10.1. The number of carbonyl (C=O) groups is 2. The van der Waals surface area contributed by atoms with Crippen LogP contribution in [0.1, 0.15) is 36.5 Å². The minimum atomic E-state index is -0.106. The van der Waals surface area contributed by atoms with Crippen molar-refractivity contribution in [2.75, 3.05) is 31.1 Å². The molecule has 0 aromatic heterocycles. The molecule has 21 heavy (non-hydrogen) atoms. The average molecular weight is 289 g/mol. The van der Waals surface area contributed by atoms with E-state index < -0.39 is 0 Å². The van der Waals surface area contributed by atoms with Gasteiger partial charge < -0.3 is 15.5 Å². The van der Waals surface area contributed by atoms with Crippen LogP contribution in [0.3, 0.4) is 0 Å². The number of hydrogen-bond acceptors (Lipinski definition) is 3. The lowest BCUT2D eigenvalue weighted by Crippen LogP contribution is -2.33. The third kappa shape index (κ3) is 4.77. The molecule has 1 aromatic carbocycles. The van der Waals surface area contributed by atoms with Gasteiger partial charge in [0.15, 0.2) is 0 Å². The van der Waals surface area contributed by atoms with Crippen LogP contribution in [0.25, 0.3) is 0 Å². The van der Waals surface area contributed by atoms with Gasteiger partial charge in [-0.15, -0.1) is 0 Å². The highest BCUT2D eigenvalue weighted by Crippen LogP contribution is 2.20. The molecule has 0 unspecified atom stereocenters. The maximum Gasteiger partial charge on any atom is 0.251 e. The van der Waals surface area contributed by atoms with Crippen LogP contribution < -0.4 is 15.5 Å². The first-order chi connectivity index (χ1) is 10.2. The van der Waals surface area contributed by atoms with Gasteiger partial charge in [-0.25, -0.2) is 0 Å². The van der Waals surface area contributed by atoms with E-state index in [9.17, 15) is 9.59 Å². The molecule has 1 saturated heterocycles. The van der Waals surface area contributed by atoms with Crippen molar-refractivity contribution in [1.82, 2.24) is 10.6 Å². The second-order valence-corrected chi connectivity index (χ2v) is 5.33. The number of hydrogen-bond donors (Lipinski definition) is 2. The Kier molecular flexibility index (Phi) is 5.60. The predicted octanol–water partition coefficient (Wildman–Crippen LogP) is 1.54. The summed E-state index contributed by atoms with van der Waals surface area (Å²) >= 11 is 0. The van der Waals surface area contributed by atoms with Gasteiger partial charge in [-0.2, -0.15) is 0 Å². The molecule has 0 radical (unpaired) electrons. The van der Waals surface area contributed by atoms with Crippen LogP contribution in [0.15, 0.2) is 24.3 Å². The van der Waals surface area contributed by atoms with Crippen LogP contribution in [0.4, 0.5) is 5.69 Å². The molecule has 2 amide bonds. The van der Waals surface area contributed by atoms with E-state index >= 15 is 0 Å². The highest BCUT2D eigenvalue weighted by molar-refractivity contribution is 5.94. The van der Waals surface area contributed by atoms with Crippen LogP contribution in [0, 0.1) is 0 Å². The van der Waals surface area contributed by atoms with E-state index in [0.29, 0.717) is 18.7 Å². The Balaban J connectivity index is 1.83. The molecule has 0 spiro atoms. The first-order valence-electron chi connectivity index (χ1n) is 7.54. The zero-order valence-corrected chi connectivity index (χ0v) is 12.5. The minimum absolute atomic E-state index is 0.0878. The van der Waals surface area contributed by atoms with E-state index in [1.807, 2.05) is 24.3 Å². The quantitative estimate of drug-likeness (QED) is 0.808. The Morgan fingerprint density at radius 1 is 1.00 bits per heavy atom. The van der Waals surface area contributed by atoms with Crippen molar-refractivity contribution in [1.29, 1.82) is 0 Å². The molecular formula is C16H23N3O2. The number of nitrogens with zero attached hydrogens (tertiary/aromatic N) is 1. The number of piperidine rings is 1. The second-order valence-electron chi connectivity index (χ2n) is 5.33. The van der Waals surface area contributed by atoms with Crippen molar-refractivity contribution in [3.8, 4) is 0 Å². The second kappa shape index (κ2) is 7.67. The zero-order chi connectivity index (χ0) is 15.1. The maximum atomic E-state index is 11.9. The fourth-order valence-corrected chi connectivity index (χ4v) is 2.49. The van der Waals surface area contributed by atoms with E-state index in [-0.39, 0.29) is 11.8 Å². The third-order valence-electron chi connectivity index (χ3n) is 3.64. The number of anilines is 1. The van der Waals surface area contributed by atoms with Gasteiger partial charge in [0.05, 0.1) is 0 Å². The summed E-state index contributed by atoms with van der Waals surface area (Å²) in [6.45, 7) is 4.55. The first-order valence-corrected chi connectivity index (χ1v) is 7.54. The standard InChI is InChI=1S/C16H23N3O2/c1-13(20)17-9-10-18-16(21)14-5-7-15(8-6-14)19-11-3-2-4-12-19/h5-8H,2-4,9-12H2,1H3,(H,17,20)(H,18,21). The summed E-state index contributed by atoms with van der Waals surface area (Å²) in [5, 5.41) is 5.43. The molecule has 1 heterocycles. The van der Waals surface area contributed by atoms with Gasteiger partial charge in [-0.3, -0.25) is 9.59 Å². The number of rotatable bonds is 5. The van der Waals surface area contributed by atoms with E-state index in [1.165, 1.54) is 31.9 Å². The first kappa shape index (κ1) is 15.4. The van der Waals surface area contributed by atoms with E-state index in [4.69, 9.17) is 0 Å². The van der Waals surface area contributed by atoms with Gasteiger partial charge in [0.1, 0.15) is 0 Å². The summed E-state index contributed by atoms with van der Waals surface area (Å²) < 4.78 is 0. The van der Waals surface area contributed by atoms with Crippen molar-refractivity contribution in [2.24, 2.45) is 0 Å². The number of nitrogens with one attached hydrogen (secondary N) is 2. The van der Waals surface area contributed by atoms with Crippen LogP contribution in [-0.4, -0.2) is 38.0 Å². The van der Waals surface area contributed by atoms with E-state index in [0.717, 1.165) is 13.1 Å².